The molecule has 0 radical (unpaired) electrons. The van der Waals surface area contributed by atoms with Gasteiger partial charge in [-0.25, -0.2) is 0 Å². The van der Waals surface area contributed by atoms with Crippen LogP contribution in [0.25, 0.3) is 0 Å². The number of ether oxygens (including phenoxy) is 1. The van der Waals surface area contributed by atoms with Gasteiger partial charge in [-0.1, -0.05) is 29.3 Å². The smallest absolute Gasteiger partial charge is 0.270 e. The molecule has 2 rings (SSSR count). The minimum Gasteiger partial charge on any atom is -0.436 e. The van der Waals surface area contributed by atoms with Gasteiger partial charge in [-0.15, -0.1) is 4.37 Å². The number of nitrogens with zero attached hydrogens (tertiary/aromatic N) is 2. The van der Waals surface area contributed by atoms with E-state index in [0.717, 1.165) is 11.7 Å². The Morgan fingerprint density at radius 1 is 1.21 bits per heavy atom. The van der Waals surface area contributed by atoms with Crippen LogP contribution in [0.2, 0.25) is 5.15 Å². The molecule has 0 unspecified atom stereocenters. The highest BCUT2D eigenvalue weighted by Gasteiger charge is 2.06. The van der Waals surface area contributed by atoms with E-state index >= 15 is 0 Å². The zero-order valence-electron chi connectivity index (χ0n) is 7.40. The fourth-order valence-corrected chi connectivity index (χ4v) is 1.56. The number of benzene rings is 1. The van der Waals surface area contributed by atoms with Gasteiger partial charge in [-0.2, -0.15) is 4.37 Å². The highest BCUT2D eigenvalue weighted by molar-refractivity contribution is 6.99. The monoisotopic (exact) mass is 226 g/mol. The maximum Gasteiger partial charge on any atom is 0.270 e. The maximum absolute atomic E-state index is 5.73. The largest absolute Gasteiger partial charge is 0.436 e. The quantitative estimate of drug-likeness (QED) is 0.788. The summed E-state index contributed by atoms with van der Waals surface area (Å²) in [5, 5.41) is 0.301. The maximum atomic E-state index is 5.73. The molecule has 14 heavy (non-hydrogen) atoms. The third kappa shape index (κ3) is 2.02. The Morgan fingerprint density at radius 3 is 2.50 bits per heavy atom. The van der Waals surface area contributed by atoms with Crippen molar-refractivity contribution < 1.29 is 4.74 Å². The molecular formula is C9H7ClN2OS. The number of hydrogen-bond acceptors (Lipinski definition) is 4. The second kappa shape index (κ2) is 3.94. The summed E-state index contributed by atoms with van der Waals surface area (Å²) in [6, 6.07) is 7.65. The molecule has 1 aromatic heterocycles. The number of hydrogen-bond donors (Lipinski definition) is 0. The molecule has 0 aliphatic heterocycles. The molecular weight excluding hydrogens is 220 g/mol. The lowest BCUT2D eigenvalue weighted by Gasteiger charge is -2.01. The average Bonchev–Trinajstić information content (AvgIpc) is 2.56. The van der Waals surface area contributed by atoms with Crippen LogP contribution < -0.4 is 4.74 Å². The molecule has 72 valence electrons. The Balaban J connectivity index is 2.19. The molecule has 0 saturated carbocycles. The lowest BCUT2D eigenvalue weighted by molar-refractivity contribution is 0.468. The average molecular weight is 227 g/mol. The van der Waals surface area contributed by atoms with Crippen LogP contribution in [0.5, 0.6) is 11.6 Å². The van der Waals surface area contributed by atoms with Crippen molar-refractivity contribution in [3.8, 4) is 11.6 Å². The third-order valence-corrected chi connectivity index (χ3v) is 2.51. The summed E-state index contributed by atoms with van der Waals surface area (Å²) < 4.78 is 13.1. The first kappa shape index (κ1) is 9.43. The van der Waals surface area contributed by atoms with Crippen LogP contribution in [-0.2, 0) is 0 Å². The summed E-state index contributed by atoms with van der Waals surface area (Å²) in [6.45, 7) is 2.02. The summed E-state index contributed by atoms with van der Waals surface area (Å²) >= 11 is 6.76. The van der Waals surface area contributed by atoms with Crippen molar-refractivity contribution in [1.82, 2.24) is 8.75 Å². The first-order valence-electron chi connectivity index (χ1n) is 3.98. The summed E-state index contributed by atoms with van der Waals surface area (Å²) in [5.74, 6) is 1.07. The Hall–Kier alpha value is -1.13. The topological polar surface area (TPSA) is 35.0 Å². The number of rotatable bonds is 2. The standard InChI is InChI=1S/C9H7ClN2OS/c1-6-2-4-7(5-3-6)13-9-8(10)11-14-12-9/h2-5H,1H3. The number of aromatic nitrogens is 2. The summed E-state index contributed by atoms with van der Waals surface area (Å²) in [5.41, 5.74) is 1.18. The molecule has 0 aliphatic carbocycles. The van der Waals surface area contributed by atoms with Gasteiger partial charge in [0.25, 0.3) is 5.88 Å². The Morgan fingerprint density at radius 2 is 1.93 bits per heavy atom. The second-order valence-electron chi connectivity index (χ2n) is 2.78. The minimum absolute atomic E-state index is 0.301. The van der Waals surface area contributed by atoms with Crippen LogP contribution in [0, 0.1) is 6.92 Å². The molecule has 1 heterocycles. The van der Waals surface area contributed by atoms with E-state index in [0.29, 0.717) is 16.8 Å². The molecule has 0 amide bonds. The van der Waals surface area contributed by atoms with Crippen LogP contribution >= 0.6 is 23.3 Å². The molecule has 0 saturated heterocycles. The number of aryl methyl sites for hydroxylation is 1. The molecule has 1 aromatic carbocycles. The van der Waals surface area contributed by atoms with E-state index in [1.807, 2.05) is 31.2 Å². The summed E-state index contributed by atoms with van der Waals surface area (Å²) in [4.78, 5) is 0. The molecule has 5 heteroatoms. The van der Waals surface area contributed by atoms with Crippen LogP contribution in [0.3, 0.4) is 0 Å². The highest BCUT2D eigenvalue weighted by Crippen LogP contribution is 2.26. The van der Waals surface area contributed by atoms with Crippen molar-refractivity contribution in [2.45, 2.75) is 6.92 Å². The molecule has 0 spiro atoms. The molecule has 2 aromatic rings. The highest BCUT2D eigenvalue weighted by atomic mass is 35.5. The van der Waals surface area contributed by atoms with E-state index in [9.17, 15) is 0 Å². The predicted octanol–water partition coefficient (Wildman–Crippen LogP) is 3.29. The molecule has 3 nitrogen and oxygen atoms in total. The lowest BCUT2D eigenvalue weighted by atomic mass is 10.2. The fourth-order valence-electron chi connectivity index (χ4n) is 0.949. The van der Waals surface area contributed by atoms with Gasteiger partial charge in [0, 0.05) is 0 Å². The van der Waals surface area contributed by atoms with Crippen molar-refractivity contribution >= 4 is 23.3 Å². The van der Waals surface area contributed by atoms with Crippen molar-refractivity contribution in [2.75, 3.05) is 0 Å². The van der Waals surface area contributed by atoms with Crippen LogP contribution in [0.15, 0.2) is 24.3 Å². The summed E-state index contributed by atoms with van der Waals surface area (Å²) in [7, 11) is 0. The zero-order valence-corrected chi connectivity index (χ0v) is 8.97. The molecule has 0 bridgehead atoms. The van der Waals surface area contributed by atoms with E-state index in [-0.39, 0.29) is 0 Å². The van der Waals surface area contributed by atoms with Crippen molar-refractivity contribution in [1.29, 1.82) is 0 Å². The van der Waals surface area contributed by atoms with Gasteiger partial charge in [0.15, 0.2) is 0 Å². The normalized spacial score (nSPS) is 10.1. The van der Waals surface area contributed by atoms with E-state index in [4.69, 9.17) is 16.3 Å². The summed E-state index contributed by atoms with van der Waals surface area (Å²) in [6.07, 6.45) is 0. The Bertz CT molecular complexity index is 427. The van der Waals surface area contributed by atoms with Crippen molar-refractivity contribution in [3.05, 3.63) is 35.0 Å². The molecule has 0 atom stereocenters. The van der Waals surface area contributed by atoms with E-state index in [1.165, 1.54) is 5.56 Å². The molecule has 0 fully saturated rings. The lowest BCUT2D eigenvalue weighted by Crippen LogP contribution is -1.84. The van der Waals surface area contributed by atoms with Crippen LogP contribution in [0.4, 0.5) is 0 Å². The SMILES string of the molecule is Cc1ccc(Oc2nsnc2Cl)cc1. The van der Waals surface area contributed by atoms with Gasteiger partial charge in [-0.05, 0) is 19.1 Å². The van der Waals surface area contributed by atoms with Gasteiger partial charge < -0.3 is 4.74 Å². The molecule has 0 aliphatic rings. The van der Waals surface area contributed by atoms with Gasteiger partial charge in [0.2, 0.25) is 5.15 Å². The molecule has 0 N–H and O–H groups in total. The van der Waals surface area contributed by atoms with Crippen LogP contribution in [-0.4, -0.2) is 8.75 Å². The minimum atomic E-state index is 0.301. The number of halogens is 1. The van der Waals surface area contributed by atoms with Crippen molar-refractivity contribution in [2.24, 2.45) is 0 Å². The van der Waals surface area contributed by atoms with Crippen LogP contribution in [0.1, 0.15) is 5.56 Å². The first-order valence-corrected chi connectivity index (χ1v) is 5.09. The Kier molecular flexibility index (Phi) is 2.65. The fraction of sp³-hybridized carbons (Fsp3) is 0.111. The first-order chi connectivity index (χ1) is 6.75. The van der Waals surface area contributed by atoms with Gasteiger partial charge >= 0.3 is 0 Å². The zero-order chi connectivity index (χ0) is 9.97. The van der Waals surface area contributed by atoms with E-state index in [1.54, 1.807) is 0 Å². The Labute approximate surface area is 90.6 Å². The predicted molar refractivity (Wildman–Crippen MR) is 56.2 cm³/mol. The van der Waals surface area contributed by atoms with Crippen molar-refractivity contribution in [3.63, 3.8) is 0 Å². The van der Waals surface area contributed by atoms with Gasteiger partial charge in [-0.3, -0.25) is 0 Å². The second-order valence-corrected chi connectivity index (χ2v) is 3.66. The van der Waals surface area contributed by atoms with E-state index < -0.39 is 0 Å². The van der Waals surface area contributed by atoms with Gasteiger partial charge in [0.05, 0.1) is 11.7 Å². The van der Waals surface area contributed by atoms with E-state index in [2.05, 4.69) is 8.75 Å². The third-order valence-electron chi connectivity index (χ3n) is 1.66. The van der Waals surface area contributed by atoms with Gasteiger partial charge in [0.1, 0.15) is 5.75 Å².